The number of methoxy groups -OCH3 is 1. The van der Waals surface area contributed by atoms with Gasteiger partial charge in [0, 0.05) is 32.9 Å². The predicted octanol–water partition coefficient (Wildman–Crippen LogP) is 0.726. The first-order chi connectivity index (χ1) is 6.27. The van der Waals surface area contributed by atoms with E-state index < -0.39 is 0 Å². The molecule has 3 heteroatoms. The van der Waals surface area contributed by atoms with E-state index in [1.807, 2.05) is 0 Å². The van der Waals surface area contributed by atoms with Crippen LogP contribution in [0.1, 0.15) is 19.8 Å². The summed E-state index contributed by atoms with van der Waals surface area (Å²) in [7, 11) is 1.74. The molecule has 1 rings (SSSR count). The highest BCUT2D eigenvalue weighted by Gasteiger charge is 2.24. The summed E-state index contributed by atoms with van der Waals surface area (Å²) in [6.45, 7) is 5.60. The molecular weight excluding hydrogens is 166 g/mol. The van der Waals surface area contributed by atoms with Gasteiger partial charge in [0.25, 0.3) is 0 Å². The quantitative estimate of drug-likeness (QED) is 0.688. The molecule has 0 saturated carbocycles. The Bertz CT molecular complexity index is 141. The number of nitrogens with zero attached hydrogens (tertiary/aromatic N) is 1. The van der Waals surface area contributed by atoms with Gasteiger partial charge in [0.15, 0.2) is 0 Å². The number of likely N-dealkylation sites (tertiary alicyclic amines) is 1. The smallest absolute Gasteiger partial charge is 0.0477 e. The van der Waals surface area contributed by atoms with Crippen molar-refractivity contribution in [1.82, 2.24) is 4.90 Å². The Hall–Kier alpha value is -0.120. The van der Waals surface area contributed by atoms with Gasteiger partial charge in [-0.2, -0.15) is 0 Å². The van der Waals surface area contributed by atoms with Crippen molar-refractivity contribution in [3.05, 3.63) is 0 Å². The highest BCUT2D eigenvalue weighted by atomic mass is 16.5. The lowest BCUT2D eigenvalue weighted by atomic mass is 10.1. The van der Waals surface area contributed by atoms with Gasteiger partial charge in [0.2, 0.25) is 0 Å². The predicted molar refractivity (Wildman–Crippen MR) is 52.7 cm³/mol. The monoisotopic (exact) mass is 187 g/mol. The molecule has 1 N–H and O–H groups in total. The molecule has 1 heterocycles. The summed E-state index contributed by atoms with van der Waals surface area (Å²) in [5.74, 6) is 0.505. The average Bonchev–Trinajstić information content (AvgIpc) is 2.62. The minimum Gasteiger partial charge on any atom is -0.396 e. The van der Waals surface area contributed by atoms with E-state index in [9.17, 15) is 0 Å². The first kappa shape index (κ1) is 11.0. The Morgan fingerprint density at radius 1 is 1.62 bits per heavy atom. The van der Waals surface area contributed by atoms with Crippen LogP contribution in [-0.4, -0.2) is 49.5 Å². The van der Waals surface area contributed by atoms with E-state index in [-0.39, 0.29) is 0 Å². The van der Waals surface area contributed by atoms with E-state index in [2.05, 4.69) is 11.8 Å². The molecule has 1 fully saturated rings. The standard InChI is InChI=1S/C10H21NO2/c1-9(4-6-13-2)11-5-3-10(7-11)8-12/h9-10,12H,3-8H2,1-2H3. The van der Waals surface area contributed by atoms with Crippen LogP contribution in [0.25, 0.3) is 0 Å². The van der Waals surface area contributed by atoms with Gasteiger partial charge < -0.3 is 14.7 Å². The maximum Gasteiger partial charge on any atom is 0.0477 e. The molecule has 0 aromatic carbocycles. The number of aliphatic hydroxyl groups is 1. The minimum absolute atomic E-state index is 0.341. The lowest BCUT2D eigenvalue weighted by Crippen LogP contribution is -2.32. The Balaban J connectivity index is 2.20. The number of rotatable bonds is 5. The third-order valence-electron chi connectivity index (χ3n) is 2.94. The molecule has 0 spiro atoms. The molecule has 1 aliphatic rings. The van der Waals surface area contributed by atoms with Crippen LogP contribution in [0.5, 0.6) is 0 Å². The molecule has 0 aromatic rings. The van der Waals surface area contributed by atoms with Crippen molar-refractivity contribution in [1.29, 1.82) is 0 Å². The van der Waals surface area contributed by atoms with E-state index in [0.717, 1.165) is 32.5 Å². The fourth-order valence-corrected chi connectivity index (χ4v) is 1.88. The molecule has 2 unspecified atom stereocenters. The summed E-state index contributed by atoms with van der Waals surface area (Å²) in [5.41, 5.74) is 0. The molecule has 1 saturated heterocycles. The molecule has 0 amide bonds. The summed E-state index contributed by atoms with van der Waals surface area (Å²) in [6, 6.07) is 0.594. The zero-order valence-electron chi connectivity index (χ0n) is 8.70. The Kier molecular flexibility index (Phi) is 4.70. The molecule has 13 heavy (non-hydrogen) atoms. The van der Waals surface area contributed by atoms with E-state index in [4.69, 9.17) is 9.84 Å². The number of hydrogen-bond acceptors (Lipinski definition) is 3. The topological polar surface area (TPSA) is 32.7 Å². The maximum atomic E-state index is 8.99. The third kappa shape index (κ3) is 3.25. The highest BCUT2D eigenvalue weighted by molar-refractivity contribution is 4.78. The minimum atomic E-state index is 0.341. The molecule has 2 atom stereocenters. The summed E-state index contributed by atoms with van der Waals surface area (Å²) >= 11 is 0. The number of hydrogen-bond donors (Lipinski definition) is 1. The maximum absolute atomic E-state index is 8.99. The summed E-state index contributed by atoms with van der Waals surface area (Å²) in [4.78, 5) is 2.44. The van der Waals surface area contributed by atoms with Crippen molar-refractivity contribution in [2.24, 2.45) is 5.92 Å². The summed E-state index contributed by atoms with van der Waals surface area (Å²) in [6.07, 6.45) is 2.24. The van der Waals surface area contributed by atoms with Gasteiger partial charge in [-0.25, -0.2) is 0 Å². The third-order valence-corrected chi connectivity index (χ3v) is 2.94. The second kappa shape index (κ2) is 5.58. The van der Waals surface area contributed by atoms with Gasteiger partial charge in [-0.05, 0) is 32.2 Å². The lowest BCUT2D eigenvalue weighted by molar-refractivity contribution is 0.146. The highest BCUT2D eigenvalue weighted by Crippen LogP contribution is 2.19. The fourth-order valence-electron chi connectivity index (χ4n) is 1.88. The van der Waals surface area contributed by atoms with Crippen LogP contribution in [0, 0.1) is 5.92 Å². The fraction of sp³-hybridized carbons (Fsp3) is 1.00. The summed E-state index contributed by atoms with van der Waals surface area (Å²) < 4.78 is 5.05. The van der Waals surface area contributed by atoms with E-state index in [0.29, 0.717) is 18.6 Å². The second-order valence-corrected chi connectivity index (χ2v) is 3.96. The van der Waals surface area contributed by atoms with Crippen LogP contribution < -0.4 is 0 Å². The largest absolute Gasteiger partial charge is 0.396 e. The zero-order chi connectivity index (χ0) is 9.68. The van der Waals surface area contributed by atoms with Crippen LogP contribution in [0.15, 0.2) is 0 Å². The van der Waals surface area contributed by atoms with Crippen molar-refractivity contribution < 1.29 is 9.84 Å². The molecule has 78 valence electrons. The normalized spacial score (nSPS) is 26.5. The van der Waals surface area contributed by atoms with Crippen molar-refractivity contribution in [2.75, 3.05) is 33.4 Å². The lowest BCUT2D eigenvalue weighted by Gasteiger charge is -2.23. The van der Waals surface area contributed by atoms with Crippen LogP contribution >= 0.6 is 0 Å². The Morgan fingerprint density at radius 2 is 2.38 bits per heavy atom. The Morgan fingerprint density at radius 3 is 2.92 bits per heavy atom. The molecule has 0 aliphatic carbocycles. The molecule has 0 aromatic heterocycles. The Labute approximate surface area is 80.7 Å². The molecule has 3 nitrogen and oxygen atoms in total. The van der Waals surface area contributed by atoms with Crippen LogP contribution in [0.3, 0.4) is 0 Å². The van der Waals surface area contributed by atoms with E-state index in [1.165, 1.54) is 0 Å². The van der Waals surface area contributed by atoms with Crippen molar-refractivity contribution in [3.8, 4) is 0 Å². The number of ether oxygens (including phenoxy) is 1. The first-order valence-corrected chi connectivity index (χ1v) is 5.11. The van der Waals surface area contributed by atoms with Crippen molar-refractivity contribution >= 4 is 0 Å². The van der Waals surface area contributed by atoms with Crippen LogP contribution in [0.2, 0.25) is 0 Å². The van der Waals surface area contributed by atoms with Crippen LogP contribution in [-0.2, 0) is 4.74 Å². The molecule has 0 radical (unpaired) electrons. The van der Waals surface area contributed by atoms with Gasteiger partial charge in [-0.1, -0.05) is 0 Å². The number of aliphatic hydroxyl groups excluding tert-OH is 1. The molecule has 0 bridgehead atoms. The van der Waals surface area contributed by atoms with Crippen LogP contribution in [0.4, 0.5) is 0 Å². The van der Waals surface area contributed by atoms with Gasteiger partial charge in [-0.15, -0.1) is 0 Å². The average molecular weight is 187 g/mol. The van der Waals surface area contributed by atoms with Gasteiger partial charge in [-0.3, -0.25) is 0 Å². The van der Waals surface area contributed by atoms with Gasteiger partial charge >= 0.3 is 0 Å². The zero-order valence-corrected chi connectivity index (χ0v) is 8.70. The van der Waals surface area contributed by atoms with Crippen molar-refractivity contribution in [3.63, 3.8) is 0 Å². The molecular formula is C10H21NO2. The van der Waals surface area contributed by atoms with Gasteiger partial charge in [0.05, 0.1) is 0 Å². The first-order valence-electron chi connectivity index (χ1n) is 5.11. The second-order valence-electron chi connectivity index (χ2n) is 3.96. The SMILES string of the molecule is COCCC(C)N1CCC(CO)C1. The van der Waals surface area contributed by atoms with Gasteiger partial charge in [0.1, 0.15) is 0 Å². The molecule has 1 aliphatic heterocycles. The van der Waals surface area contributed by atoms with Crippen molar-refractivity contribution in [2.45, 2.75) is 25.8 Å². The van der Waals surface area contributed by atoms with E-state index >= 15 is 0 Å². The summed E-state index contributed by atoms with van der Waals surface area (Å²) in [5, 5.41) is 8.99. The van der Waals surface area contributed by atoms with E-state index in [1.54, 1.807) is 7.11 Å².